The number of carbonyl (C=O) groups excluding carboxylic acids is 4. The number of carbonyl (C=O) groups is 4. The standard InChI is InChI=1S/C31H33N3O5/c1-19(35)20-10-9-15-23(18-20)34-26(28(37)33-22-13-7-4-8-14-22)31-17-16-30(2,39-31)24(25(31)29(34)38)27(36)32-21-11-5-3-6-12-21/h3,5-6,9-12,15-18,22,24-26H,4,7-8,13-14H2,1-2H3,(H,32,36)(H,33,37)/t24-,25-,26+,30+,31-/m0/s1. The van der Waals surface area contributed by atoms with Gasteiger partial charge in [0.25, 0.3) is 0 Å². The van der Waals surface area contributed by atoms with Crippen LogP contribution < -0.4 is 15.5 Å². The Morgan fingerprint density at radius 3 is 2.41 bits per heavy atom. The van der Waals surface area contributed by atoms with E-state index in [1.807, 2.05) is 30.4 Å². The highest BCUT2D eigenvalue weighted by molar-refractivity contribution is 6.12. The van der Waals surface area contributed by atoms with E-state index in [-0.39, 0.29) is 29.5 Å². The maximum atomic E-state index is 14.3. The number of benzene rings is 2. The summed E-state index contributed by atoms with van der Waals surface area (Å²) in [4.78, 5) is 55.8. The smallest absolute Gasteiger partial charge is 0.246 e. The van der Waals surface area contributed by atoms with Gasteiger partial charge in [-0.2, -0.15) is 0 Å². The normalized spacial score (nSPS) is 31.3. The zero-order valence-corrected chi connectivity index (χ0v) is 22.2. The Kier molecular flexibility index (Phi) is 6.18. The van der Waals surface area contributed by atoms with E-state index in [0.717, 1.165) is 32.1 Å². The first-order valence-corrected chi connectivity index (χ1v) is 13.7. The molecule has 6 rings (SSSR count). The summed E-state index contributed by atoms with van der Waals surface area (Å²) in [5.74, 6) is -2.89. The summed E-state index contributed by atoms with van der Waals surface area (Å²) >= 11 is 0. The molecule has 2 aromatic carbocycles. The van der Waals surface area contributed by atoms with Gasteiger partial charge >= 0.3 is 0 Å². The maximum Gasteiger partial charge on any atom is 0.246 e. The predicted molar refractivity (Wildman–Crippen MR) is 146 cm³/mol. The molecule has 0 unspecified atom stereocenters. The van der Waals surface area contributed by atoms with Crippen molar-refractivity contribution >= 4 is 34.9 Å². The Labute approximate surface area is 227 Å². The number of para-hydroxylation sites is 1. The molecular formula is C31H33N3O5. The van der Waals surface area contributed by atoms with Crippen LogP contribution in [0.15, 0.2) is 66.7 Å². The third kappa shape index (κ3) is 4.09. The van der Waals surface area contributed by atoms with E-state index >= 15 is 0 Å². The largest absolute Gasteiger partial charge is 0.356 e. The van der Waals surface area contributed by atoms with Gasteiger partial charge in [0.15, 0.2) is 5.78 Å². The maximum absolute atomic E-state index is 14.3. The first-order valence-electron chi connectivity index (χ1n) is 13.7. The SMILES string of the molecule is CC(=O)c1cccc(N2C(=O)[C@@H]3[C@@H](C(=O)Nc4ccccc4)[C@@]4(C)C=C[C@@]3(O4)[C@H]2C(=O)NC2CCCCC2)c1. The first kappa shape index (κ1) is 25.5. The van der Waals surface area contributed by atoms with Gasteiger partial charge in [-0.1, -0.05) is 61.7 Å². The Hall–Kier alpha value is -3.78. The van der Waals surface area contributed by atoms with Crippen LogP contribution in [0.4, 0.5) is 11.4 Å². The van der Waals surface area contributed by atoms with E-state index in [1.54, 1.807) is 43.3 Å². The summed E-state index contributed by atoms with van der Waals surface area (Å²) < 4.78 is 6.60. The van der Waals surface area contributed by atoms with E-state index in [0.29, 0.717) is 16.9 Å². The van der Waals surface area contributed by atoms with E-state index in [4.69, 9.17) is 4.74 Å². The van der Waals surface area contributed by atoms with Crippen LogP contribution in [0.1, 0.15) is 56.3 Å². The molecule has 1 spiro atoms. The van der Waals surface area contributed by atoms with Crippen LogP contribution in [0.5, 0.6) is 0 Å². The second-order valence-electron chi connectivity index (χ2n) is 11.3. The minimum Gasteiger partial charge on any atom is -0.356 e. The summed E-state index contributed by atoms with van der Waals surface area (Å²) in [6, 6.07) is 14.8. The van der Waals surface area contributed by atoms with Crippen LogP contribution in [0, 0.1) is 11.8 Å². The predicted octanol–water partition coefficient (Wildman–Crippen LogP) is 4.02. The van der Waals surface area contributed by atoms with Gasteiger partial charge < -0.3 is 15.4 Å². The molecule has 2 bridgehead atoms. The second-order valence-corrected chi connectivity index (χ2v) is 11.3. The fourth-order valence-electron chi connectivity index (χ4n) is 6.96. The molecule has 8 heteroatoms. The van der Waals surface area contributed by atoms with Crippen LogP contribution in [0.2, 0.25) is 0 Å². The number of hydrogen-bond donors (Lipinski definition) is 2. The number of rotatable bonds is 6. The molecule has 39 heavy (non-hydrogen) atoms. The van der Waals surface area contributed by atoms with E-state index in [1.165, 1.54) is 11.8 Å². The van der Waals surface area contributed by atoms with Crippen molar-refractivity contribution < 1.29 is 23.9 Å². The van der Waals surface area contributed by atoms with Crippen LogP contribution in [0.3, 0.4) is 0 Å². The lowest BCUT2D eigenvalue weighted by atomic mass is 9.70. The molecule has 4 aliphatic rings. The number of anilines is 2. The van der Waals surface area contributed by atoms with E-state index < -0.39 is 29.1 Å². The quantitative estimate of drug-likeness (QED) is 0.436. The number of ketones is 1. The van der Waals surface area contributed by atoms with Gasteiger partial charge in [0.2, 0.25) is 17.7 Å². The van der Waals surface area contributed by atoms with Gasteiger partial charge in [0.05, 0.1) is 17.4 Å². The summed E-state index contributed by atoms with van der Waals surface area (Å²) in [5.41, 5.74) is -0.860. The van der Waals surface area contributed by atoms with Gasteiger partial charge in [-0.15, -0.1) is 0 Å². The van der Waals surface area contributed by atoms with E-state index in [9.17, 15) is 19.2 Å². The van der Waals surface area contributed by atoms with Crippen molar-refractivity contribution in [3.8, 4) is 0 Å². The molecule has 2 aromatic rings. The van der Waals surface area contributed by atoms with Crippen molar-refractivity contribution in [2.45, 2.75) is 69.2 Å². The van der Waals surface area contributed by atoms with Gasteiger partial charge in [0.1, 0.15) is 11.6 Å². The zero-order valence-electron chi connectivity index (χ0n) is 22.2. The Balaban J connectivity index is 1.41. The van der Waals surface area contributed by atoms with Crippen molar-refractivity contribution in [1.29, 1.82) is 0 Å². The third-order valence-electron chi connectivity index (χ3n) is 8.75. The molecule has 3 aliphatic heterocycles. The summed E-state index contributed by atoms with van der Waals surface area (Å²) in [5, 5.41) is 6.13. The van der Waals surface area contributed by atoms with Gasteiger partial charge in [-0.3, -0.25) is 24.1 Å². The number of hydrogen-bond acceptors (Lipinski definition) is 5. The lowest BCUT2D eigenvalue weighted by Crippen LogP contribution is -2.56. The molecule has 3 amide bonds. The highest BCUT2D eigenvalue weighted by Crippen LogP contribution is 2.60. The fraction of sp³-hybridized carbons (Fsp3) is 0.419. The summed E-state index contributed by atoms with van der Waals surface area (Å²) in [6.07, 6.45) is 8.64. The Morgan fingerprint density at radius 2 is 1.69 bits per heavy atom. The minimum atomic E-state index is -1.31. The average Bonchev–Trinajstić information content (AvgIpc) is 3.50. The molecule has 2 saturated heterocycles. The molecule has 3 heterocycles. The number of amides is 3. The van der Waals surface area contributed by atoms with Gasteiger partial charge in [-0.25, -0.2) is 0 Å². The molecule has 1 saturated carbocycles. The number of ether oxygens (including phenoxy) is 1. The molecule has 3 fully saturated rings. The van der Waals surface area contributed by atoms with Crippen molar-refractivity contribution in [1.82, 2.24) is 5.32 Å². The van der Waals surface area contributed by atoms with Gasteiger partial charge in [-0.05, 0) is 51.0 Å². The van der Waals surface area contributed by atoms with E-state index in [2.05, 4.69) is 10.6 Å². The number of fused-ring (bicyclic) bond motifs is 1. The molecule has 8 nitrogen and oxygen atoms in total. The Morgan fingerprint density at radius 1 is 0.949 bits per heavy atom. The number of Topliss-reactive ketones (excluding diaryl/α,β-unsaturated/α-hetero) is 1. The molecule has 5 atom stereocenters. The van der Waals surface area contributed by atoms with Crippen molar-refractivity contribution in [3.63, 3.8) is 0 Å². The van der Waals surface area contributed by atoms with Crippen molar-refractivity contribution in [2.75, 3.05) is 10.2 Å². The zero-order chi connectivity index (χ0) is 27.4. The molecule has 0 aromatic heterocycles. The first-order chi connectivity index (χ1) is 18.7. The summed E-state index contributed by atoms with van der Waals surface area (Å²) in [6.45, 7) is 3.26. The minimum absolute atomic E-state index is 0.0255. The summed E-state index contributed by atoms with van der Waals surface area (Å²) in [7, 11) is 0. The number of nitrogens with one attached hydrogen (secondary N) is 2. The molecule has 202 valence electrons. The lowest BCUT2D eigenvalue weighted by molar-refractivity contribution is -0.131. The van der Waals surface area contributed by atoms with Crippen LogP contribution in [-0.4, -0.2) is 46.8 Å². The molecular weight excluding hydrogens is 494 g/mol. The van der Waals surface area contributed by atoms with Gasteiger partial charge in [0, 0.05) is 23.0 Å². The molecule has 0 radical (unpaired) electrons. The second kappa shape index (κ2) is 9.45. The molecule has 2 N–H and O–H groups in total. The van der Waals surface area contributed by atoms with Crippen LogP contribution >= 0.6 is 0 Å². The van der Waals surface area contributed by atoms with Crippen molar-refractivity contribution in [2.24, 2.45) is 11.8 Å². The monoisotopic (exact) mass is 527 g/mol. The average molecular weight is 528 g/mol. The fourth-order valence-corrected chi connectivity index (χ4v) is 6.96. The highest BCUT2D eigenvalue weighted by Gasteiger charge is 2.76. The van der Waals surface area contributed by atoms with Crippen molar-refractivity contribution in [3.05, 3.63) is 72.3 Å². The van der Waals surface area contributed by atoms with Crippen LogP contribution in [-0.2, 0) is 19.1 Å². The molecule has 1 aliphatic carbocycles. The lowest BCUT2D eigenvalue weighted by Gasteiger charge is -2.34. The topological polar surface area (TPSA) is 105 Å². The third-order valence-corrected chi connectivity index (χ3v) is 8.75. The Bertz CT molecular complexity index is 1370. The number of nitrogens with zero attached hydrogens (tertiary/aromatic N) is 1. The highest BCUT2D eigenvalue weighted by atomic mass is 16.5. The van der Waals surface area contributed by atoms with Crippen LogP contribution in [0.25, 0.3) is 0 Å².